The molecule has 0 fully saturated rings. The van der Waals surface area contributed by atoms with E-state index in [0.29, 0.717) is 11.1 Å². The Bertz CT molecular complexity index is 441. The van der Waals surface area contributed by atoms with E-state index in [4.69, 9.17) is 10.5 Å². The third-order valence-electron chi connectivity index (χ3n) is 2.50. The fourth-order valence-corrected chi connectivity index (χ4v) is 2.47. The Morgan fingerprint density at radius 2 is 1.82 bits per heavy atom. The van der Waals surface area contributed by atoms with E-state index in [2.05, 4.69) is 13.0 Å². The number of nitrogens with zero attached hydrogens (tertiary/aromatic N) is 2. The Kier molecular flexibility index (Phi) is 6.22. The molecule has 17 heavy (non-hydrogen) atoms. The molecule has 1 rings (SSSR count). The monoisotopic (exact) mass is 244 g/mol. The molecule has 1 aromatic carbocycles. The van der Waals surface area contributed by atoms with E-state index < -0.39 is 0 Å². The molecule has 0 unspecified atom stereocenters. The van der Waals surface area contributed by atoms with E-state index in [9.17, 15) is 0 Å². The van der Waals surface area contributed by atoms with Gasteiger partial charge in [0.1, 0.15) is 12.1 Å². The summed E-state index contributed by atoms with van der Waals surface area (Å²) in [4.78, 5) is 1.08. The van der Waals surface area contributed by atoms with Gasteiger partial charge in [-0.15, -0.1) is 11.8 Å². The molecule has 1 aromatic rings. The van der Waals surface area contributed by atoms with Crippen LogP contribution >= 0.6 is 11.8 Å². The normalized spacial score (nSPS) is 9.59. The molecule has 0 atom stereocenters. The Labute approximate surface area is 107 Å². The average molecular weight is 244 g/mol. The van der Waals surface area contributed by atoms with Crippen LogP contribution in [0.15, 0.2) is 23.1 Å². The lowest BCUT2D eigenvalue weighted by Gasteiger charge is -2.02. The van der Waals surface area contributed by atoms with Crippen LogP contribution in [-0.2, 0) is 0 Å². The summed E-state index contributed by atoms with van der Waals surface area (Å²) < 4.78 is 0. The highest BCUT2D eigenvalue weighted by molar-refractivity contribution is 7.99. The summed E-state index contributed by atoms with van der Waals surface area (Å²) in [6.07, 6.45) is 5.02. The Morgan fingerprint density at radius 3 is 2.47 bits per heavy atom. The highest BCUT2D eigenvalue weighted by atomic mass is 32.2. The van der Waals surface area contributed by atoms with E-state index in [1.807, 2.05) is 18.2 Å². The lowest BCUT2D eigenvalue weighted by molar-refractivity contribution is 0.706. The minimum Gasteiger partial charge on any atom is -0.192 e. The summed E-state index contributed by atoms with van der Waals surface area (Å²) in [5.41, 5.74) is 0.939. The summed E-state index contributed by atoms with van der Waals surface area (Å²) in [5, 5.41) is 17.7. The zero-order valence-corrected chi connectivity index (χ0v) is 10.9. The summed E-state index contributed by atoms with van der Waals surface area (Å²) >= 11 is 1.76. The second-order valence-corrected chi connectivity index (χ2v) is 5.01. The molecule has 0 aliphatic carbocycles. The number of rotatable bonds is 6. The van der Waals surface area contributed by atoms with Crippen molar-refractivity contribution in [2.75, 3.05) is 5.75 Å². The van der Waals surface area contributed by atoms with E-state index in [1.165, 1.54) is 25.7 Å². The summed E-state index contributed by atoms with van der Waals surface area (Å²) in [5.74, 6) is 1.08. The Hall–Kier alpha value is -1.45. The molecule has 0 spiro atoms. The molecule has 0 amide bonds. The van der Waals surface area contributed by atoms with Crippen molar-refractivity contribution in [1.29, 1.82) is 10.5 Å². The predicted octanol–water partition coefficient (Wildman–Crippen LogP) is 4.10. The first kappa shape index (κ1) is 13.6. The van der Waals surface area contributed by atoms with Crippen LogP contribution in [0.1, 0.15) is 43.7 Å². The molecule has 88 valence electrons. The summed E-state index contributed by atoms with van der Waals surface area (Å²) in [7, 11) is 0. The second-order valence-electron chi connectivity index (χ2n) is 3.84. The van der Waals surface area contributed by atoms with Gasteiger partial charge in [0, 0.05) is 4.90 Å². The number of thioether (sulfide) groups is 1. The molecule has 2 nitrogen and oxygen atoms in total. The lowest BCUT2D eigenvalue weighted by atomic mass is 10.1. The molecule has 0 aromatic heterocycles. The van der Waals surface area contributed by atoms with Gasteiger partial charge < -0.3 is 0 Å². The highest BCUT2D eigenvalue weighted by Crippen LogP contribution is 2.22. The van der Waals surface area contributed by atoms with Gasteiger partial charge in [-0.2, -0.15) is 10.5 Å². The Balaban J connectivity index is 2.50. The Morgan fingerprint density at radius 1 is 1.06 bits per heavy atom. The highest BCUT2D eigenvalue weighted by Gasteiger charge is 2.02. The van der Waals surface area contributed by atoms with Gasteiger partial charge in [-0.05, 0) is 30.4 Å². The van der Waals surface area contributed by atoms with Gasteiger partial charge in [0.05, 0.1) is 11.1 Å². The topological polar surface area (TPSA) is 47.6 Å². The van der Waals surface area contributed by atoms with E-state index in [0.717, 1.165) is 10.6 Å². The van der Waals surface area contributed by atoms with Crippen molar-refractivity contribution in [2.45, 2.75) is 37.5 Å². The first-order chi connectivity index (χ1) is 8.31. The molecule has 0 N–H and O–H groups in total. The molecule has 0 aliphatic rings. The standard InChI is InChI=1S/C14H16N2S/c1-2-3-4-5-8-17-14-7-6-12(10-15)13(9-14)11-16/h6-7,9H,2-5,8H2,1H3. The fourth-order valence-electron chi connectivity index (χ4n) is 1.52. The maximum atomic E-state index is 8.91. The van der Waals surface area contributed by atoms with Gasteiger partial charge >= 0.3 is 0 Å². The number of hydrogen-bond donors (Lipinski definition) is 0. The van der Waals surface area contributed by atoms with Gasteiger partial charge in [0.2, 0.25) is 0 Å². The van der Waals surface area contributed by atoms with Crippen LogP contribution in [0.3, 0.4) is 0 Å². The average Bonchev–Trinajstić information content (AvgIpc) is 2.38. The quantitative estimate of drug-likeness (QED) is 0.559. The van der Waals surface area contributed by atoms with Crippen molar-refractivity contribution < 1.29 is 0 Å². The predicted molar refractivity (Wildman–Crippen MR) is 70.7 cm³/mol. The van der Waals surface area contributed by atoms with E-state index >= 15 is 0 Å². The number of unbranched alkanes of at least 4 members (excludes halogenated alkanes) is 3. The molecule has 0 aliphatic heterocycles. The molecule has 0 saturated heterocycles. The first-order valence-corrected chi connectivity index (χ1v) is 6.87. The molecule has 3 heteroatoms. The number of benzene rings is 1. The zero-order valence-electron chi connectivity index (χ0n) is 10.1. The molecular formula is C14H16N2S. The minimum absolute atomic E-state index is 0.461. The van der Waals surface area contributed by atoms with Gasteiger partial charge in [-0.3, -0.25) is 0 Å². The van der Waals surface area contributed by atoms with Crippen LogP contribution < -0.4 is 0 Å². The van der Waals surface area contributed by atoms with Crippen LogP contribution in [0, 0.1) is 22.7 Å². The first-order valence-electron chi connectivity index (χ1n) is 5.89. The minimum atomic E-state index is 0.461. The smallest absolute Gasteiger partial charge is 0.101 e. The third kappa shape index (κ3) is 4.51. The zero-order chi connectivity index (χ0) is 12.5. The van der Waals surface area contributed by atoms with Crippen molar-refractivity contribution in [3.8, 4) is 12.1 Å². The van der Waals surface area contributed by atoms with Gasteiger partial charge in [-0.25, -0.2) is 0 Å². The van der Waals surface area contributed by atoms with E-state index in [1.54, 1.807) is 17.8 Å². The van der Waals surface area contributed by atoms with Crippen molar-refractivity contribution in [2.24, 2.45) is 0 Å². The second kappa shape index (κ2) is 7.76. The van der Waals surface area contributed by atoms with Gasteiger partial charge in [-0.1, -0.05) is 26.2 Å². The van der Waals surface area contributed by atoms with Crippen LogP contribution in [0.25, 0.3) is 0 Å². The maximum absolute atomic E-state index is 8.91. The molecular weight excluding hydrogens is 228 g/mol. The molecule has 0 heterocycles. The largest absolute Gasteiger partial charge is 0.192 e. The summed E-state index contributed by atoms with van der Waals surface area (Å²) in [6.45, 7) is 2.20. The summed E-state index contributed by atoms with van der Waals surface area (Å²) in [6, 6.07) is 9.55. The van der Waals surface area contributed by atoms with Crippen molar-refractivity contribution in [1.82, 2.24) is 0 Å². The third-order valence-corrected chi connectivity index (χ3v) is 3.58. The fraction of sp³-hybridized carbons (Fsp3) is 0.429. The van der Waals surface area contributed by atoms with Crippen LogP contribution in [-0.4, -0.2) is 5.75 Å². The maximum Gasteiger partial charge on any atom is 0.101 e. The molecule has 0 saturated carbocycles. The van der Waals surface area contributed by atoms with Crippen molar-refractivity contribution >= 4 is 11.8 Å². The van der Waals surface area contributed by atoms with Crippen molar-refractivity contribution in [3.63, 3.8) is 0 Å². The SMILES string of the molecule is CCCCCCSc1ccc(C#N)c(C#N)c1. The van der Waals surface area contributed by atoms with Crippen LogP contribution in [0.4, 0.5) is 0 Å². The van der Waals surface area contributed by atoms with Gasteiger partial charge in [0.15, 0.2) is 0 Å². The van der Waals surface area contributed by atoms with Crippen LogP contribution in [0.2, 0.25) is 0 Å². The number of nitriles is 2. The van der Waals surface area contributed by atoms with Gasteiger partial charge in [0.25, 0.3) is 0 Å². The van der Waals surface area contributed by atoms with Crippen LogP contribution in [0.5, 0.6) is 0 Å². The van der Waals surface area contributed by atoms with Crippen molar-refractivity contribution in [3.05, 3.63) is 29.3 Å². The van der Waals surface area contributed by atoms with E-state index in [-0.39, 0.29) is 0 Å². The lowest BCUT2D eigenvalue weighted by Crippen LogP contribution is -1.86. The molecule has 0 radical (unpaired) electrons. The molecule has 0 bridgehead atoms. The number of hydrogen-bond acceptors (Lipinski definition) is 3.